The fourth-order valence-corrected chi connectivity index (χ4v) is 2.23. The first-order valence-corrected chi connectivity index (χ1v) is 5.56. The summed E-state index contributed by atoms with van der Waals surface area (Å²) in [5, 5.41) is 27.1. The van der Waals surface area contributed by atoms with Crippen LogP contribution in [0.2, 0.25) is 0 Å². The molecule has 0 aromatic heterocycles. The highest BCUT2D eigenvalue weighted by atomic mass is 15.2. The standard InChI is InChI=1S/C15H6N4/c16-7-10-1-13-3-11(8-17)4-15-6-12(9-18)5-14(2-10)19(13)15/h1-6H. The number of allylic oxidation sites excluding steroid dienone is 9. The molecule has 4 nitrogen and oxygen atoms in total. The van der Waals surface area contributed by atoms with Crippen molar-refractivity contribution in [2.75, 3.05) is 0 Å². The molecule has 0 bridgehead atoms. The second kappa shape index (κ2) is 3.88. The normalized spacial score (nSPS) is 19.1. The molecule has 0 aromatic carbocycles. The van der Waals surface area contributed by atoms with Crippen molar-refractivity contribution in [2.24, 2.45) is 0 Å². The Hall–Kier alpha value is -3.29. The monoisotopic (exact) mass is 242 g/mol. The first-order valence-electron chi connectivity index (χ1n) is 5.56. The quantitative estimate of drug-likeness (QED) is 0.653. The molecule has 3 heterocycles. The molecule has 3 aliphatic heterocycles. The van der Waals surface area contributed by atoms with Crippen LogP contribution < -0.4 is 0 Å². The molecule has 0 saturated carbocycles. The summed E-state index contributed by atoms with van der Waals surface area (Å²) >= 11 is 0. The van der Waals surface area contributed by atoms with Crippen molar-refractivity contribution < 1.29 is 0 Å². The molecule has 0 fully saturated rings. The van der Waals surface area contributed by atoms with Gasteiger partial charge in [0.2, 0.25) is 0 Å². The van der Waals surface area contributed by atoms with Crippen LogP contribution in [0.5, 0.6) is 0 Å². The third-order valence-corrected chi connectivity index (χ3v) is 2.98. The van der Waals surface area contributed by atoms with Crippen molar-refractivity contribution in [2.45, 2.75) is 0 Å². The van der Waals surface area contributed by atoms with Crippen LogP contribution in [0.3, 0.4) is 0 Å². The third-order valence-electron chi connectivity index (χ3n) is 2.98. The van der Waals surface area contributed by atoms with E-state index in [4.69, 9.17) is 15.8 Å². The molecule has 0 spiro atoms. The fraction of sp³-hybridized carbons (Fsp3) is 0. The first-order chi connectivity index (χ1) is 9.25. The Balaban J connectivity index is 2.26. The summed E-state index contributed by atoms with van der Waals surface area (Å²) in [6, 6.07) is 6.27. The van der Waals surface area contributed by atoms with E-state index in [1.165, 1.54) is 0 Å². The molecular weight excluding hydrogens is 236 g/mol. The molecule has 0 radical (unpaired) electrons. The molecule has 0 amide bonds. The molecule has 0 saturated heterocycles. The van der Waals surface area contributed by atoms with Crippen molar-refractivity contribution in [3.63, 3.8) is 0 Å². The summed E-state index contributed by atoms with van der Waals surface area (Å²) in [7, 11) is 0. The summed E-state index contributed by atoms with van der Waals surface area (Å²) in [5.74, 6) is 0. The maximum absolute atomic E-state index is 9.04. The van der Waals surface area contributed by atoms with Gasteiger partial charge in [0.1, 0.15) is 0 Å². The van der Waals surface area contributed by atoms with E-state index >= 15 is 0 Å². The Bertz CT molecular complexity index is 683. The SMILES string of the molecule is N#CC1=CC2=CC(C#N)=CC3=CC(C#N)=CC(=C1)N23. The second-order valence-corrected chi connectivity index (χ2v) is 4.18. The van der Waals surface area contributed by atoms with Crippen LogP contribution in [0.15, 0.2) is 70.3 Å². The maximum atomic E-state index is 9.04. The predicted octanol–water partition coefficient (Wildman–Crippen LogP) is 2.33. The van der Waals surface area contributed by atoms with Crippen LogP contribution >= 0.6 is 0 Å². The zero-order valence-corrected chi connectivity index (χ0v) is 9.75. The minimum atomic E-state index is 0.506. The van der Waals surface area contributed by atoms with Gasteiger partial charge in [0, 0.05) is 17.1 Å². The Labute approximate surface area is 110 Å². The van der Waals surface area contributed by atoms with Gasteiger partial charge >= 0.3 is 0 Å². The van der Waals surface area contributed by atoms with E-state index in [1.807, 2.05) is 4.90 Å². The van der Waals surface area contributed by atoms with Crippen LogP contribution in [0.25, 0.3) is 0 Å². The van der Waals surface area contributed by atoms with Crippen LogP contribution in [0, 0.1) is 34.0 Å². The number of hydrogen-bond acceptors (Lipinski definition) is 4. The summed E-state index contributed by atoms with van der Waals surface area (Å²) in [6.45, 7) is 0. The molecule has 0 aliphatic carbocycles. The molecular formula is C15H6N4. The molecule has 19 heavy (non-hydrogen) atoms. The van der Waals surface area contributed by atoms with Gasteiger partial charge in [-0.2, -0.15) is 15.8 Å². The zero-order chi connectivity index (χ0) is 13.4. The predicted molar refractivity (Wildman–Crippen MR) is 67.2 cm³/mol. The lowest BCUT2D eigenvalue weighted by molar-refractivity contribution is 0.558. The van der Waals surface area contributed by atoms with Crippen molar-refractivity contribution in [3.05, 3.63) is 70.3 Å². The number of nitrogens with zero attached hydrogens (tertiary/aromatic N) is 4. The topological polar surface area (TPSA) is 74.6 Å². The van der Waals surface area contributed by atoms with Crippen molar-refractivity contribution in [3.8, 4) is 18.2 Å². The zero-order valence-electron chi connectivity index (χ0n) is 9.75. The van der Waals surface area contributed by atoms with Gasteiger partial charge in [0.05, 0.1) is 34.9 Å². The number of rotatable bonds is 0. The summed E-state index contributed by atoms with van der Waals surface area (Å²) in [4.78, 5) is 1.92. The van der Waals surface area contributed by atoms with Crippen LogP contribution in [-0.4, -0.2) is 4.90 Å². The van der Waals surface area contributed by atoms with Gasteiger partial charge in [-0.05, 0) is 36.5 Å². The molecule has 86 valence electrons. The average molecular weight is 242 g/mol. The van der Waals surface area contributed by atoms with Crippen molar-refractivity contribution >= 4 is 0 Å². The Kier molecular flexibility index (Phi) is 2.21. The van der Waals surface area contributed by atoms with Gasteiger partial charge in [0.25, 0.3) is 0 Å². The summed E-state index contributed by atoms with van der Waals surface area (Å²) in [5.41, 5.74) is 3.83. The third kappa shape index (κ3) is 1.59. The number of hydrogen-bond donors (Lipinski definition) is 0. The molecule has 3 rings (SSSR count). The van der Waals surface area contributed by atoms with E-state index in [0.717, 1.165) is 17.1 Å². The van der Waals surface area contributed by atoms with E-state index in [1.54, 1.807) is 36.5 Å². The van der Waals surface area contributed by atoms with Crippen LogP contribution in [-0.2, 0) is 0 Å². The highest BCUT2D eigenvalue weighted by Gasteiger charge is 2.26. The average Bonchev–Trinajstić information content (AvgIpc) is 2.46. The molecule has 0 N–H and O–H groups in total. The van der Waals surface area contributed by atoms with Gasteiger partial charge in [0.15, 0.2) is 0 Å². The van der Waals surface area contributed by atoms with E-state index in [0.29, 0.717) is 16.7 Å². The second-order valence-electron chi connectivity index (χ2n) is 4.18. The lowest BCUT2D eigenvalue weighted by Crippen LogP contribution is -2.26. The Morgan fingerprint density at radius 2 is 0.895 bits per heavy atom. The van der Waals surface area contributed by atoms with E-state index in [-0.39, 0.29) is 0 Å². The molecule has 0 aromatic rings. The minimum Gasteiger partial charge on any atom is -0.310 e. The van der Waals surface area contributed by atoms with Crippen LogP contribution in [0.1, 0.15) is 0 Å². The van der Waals surface area contributed by atoms with E-state index in [9.17, 15) is 0 Å². The smallest absolute Gasteiger partial charge is 0.0993 e. The largest absolute Gasteiger partial charge is 0.310 e. The molecule has 3 aliphatic rings. The van der Waals surface area contributed by atoms with Gasteiger partial charge in [-0.1, -0.05) is 0 Å². The maximum Gasteiger partial charge on any atom is 0.0993 e. The summed E-state index contributed by atoms with van der Waals surface area (Å²) < 4.78 is 0. The molecule has 0 atom stereocenters. The Morgan fingerprint density at radius 1 is 0.579 bits per heavy atom. The lowest BCUT2D eigenvalue weighted by atomic mass is 9.96. The lowest BCUT2D eigenvalue weighted by Gasteiger charge is -2.35. The highest BCUT2D eigenvalue weighted by molar-refractivity contribution is 5.62. The van der Waals surface area contributed by atoms with Crippen LogP contribution in [0.4, 0.5) is 0 Å². The van der Waals surface area contributed by atoms with Gasteiger partial charge in [-0.3, -0.25) is 0 Å². The van der Waals surface area contributed by atoms with Gasteiger partial charge in [-0.15, -0.1) is 0 Å². The molecule has 4 heteroatoms. The minimum absolute atomic E-state index is 0.506. The number of nitriles is 3. The van der Waals surface area contributed by atoms with Crippen molar-refractivity contribution in [1.29, 1.82) is 15.8 Å². The fourth-order valence-electron chi connectivity index (χ4n) is 2.23. The van der Waals surface area contributed by atoms with Gasteiger partial charge in [-0.25, -0.2) is 0 Å². The molecule has 0 unspecified atom stereocenters. The summed E-state index contributed by atoms with van der Waals surface area (Å²) in [6.07, 6.45) is 10.4. The Morgan fingerprint density at radius 3 is 1.16 bits per heavy atom. The van der Waals surface area contributed by atoms with Gasteiger partial charge < -0.3 is 4.90 Å². The highest BCUT2D eigenvalue weighted by Crippen LogP contribution is 2.36. The van der Waals surface area contributed by atoms with Crippen molar-refractivity contribution in [1.82, 2.24) is 4.90 Å². The van der Waals surface area contributed by atoms with E-state index in [2.05, 4.69) is 18.2 Å². The first kappa shape index (κ1) is 10.8. The van der Waals surface area contributed by atoms with E-state index < -0.39 is 0 Å².